The van der Waals surface area contributed by atoms with Crippen LogP contribution in [0.1, 0.15) is 74.3 Å². The number of amides is 2. The fraction of sp³-hybridized carbons (Fsp3) is 0.690. The summed E-state index contributed by atoms with van der Waals surface area (Å²) in [7, 11) is -2.17. The average molecular weight is 549 g/mol. The number of benzene rings is 1. The predicted octanol–water partition coefficient (Wildman–Crippen LogP) is 5.66. The molecule has 1 aliphatic heterocycles. The van der Waals surface area contributed by atoms with E-state index in [1.807, 2.05) is 51.1 Å². The van der Waals surface area contributed by atoms with E-state index in [0.29, 0.717) is 6.42 Å². The summed E-state index contributed by atoms with van der Waals surface area (Å²) in [6.07, 6.45) is -0.645. The van der Waals surface area contributed by atoms with Crippen LogP contribution in [0.5, 0.6) is 0 Å². The van der Waals surface area contributed by atoms with Crippen LogP contribution >= 0.6 is 0 Å². The van der Waals surface area contributed by atoms with Gasteiger partial charge >= 0.3 is 12.1 Å². The molecule has 8 nitrogen and oxygen atoms in total. The molecule has 0 aromatic heterocycles. The van der Waals surface area contributed by atoms with Crippen LogP contribution in [0.3, 0.4) is 0 Å². The quantitative estimate of drug-likeness (QED) is 0.349. The van der Waals surface area contributed by atoms with Gasteiger partial charge in [-0.3, -0.25) is 4.79 Å². The lowest BCUT2D eigenvalue weighted by molar-refractivity contribution is -0.155. The predicted molar refractivity (Wildman–Crippen MR) is 151 cm³/mol. The SMILES string of the molecule is CC(C)(C)OC(=O)N[C@H](C(=O)N1CC(O[Si](C)(C)C(C)(C)C)C[C@H]1C(=O)OCc1ccccc1)C(C)(C)C. The Bertz CT molecular complexity index is 976. The Morgan fingerprint density at radius 3 is 2.08 bits per heavy atom. The van der Waals surface area contributed by atoms with Gasteiger partial charge in [0.2, 0.25) is 5.91 Å². The van der Waals surface area contributed by atoms with Gasteiger partial charge < -0.3 is 24.1 Å². The van der Waals surface area contributed by atoms with Gasteiger partial charge in [-0.25, -0.2) is 9.59 Å². The number of hydrogen-bond acceptors (Lipinski definition) is 6. The van der Waals surface area contributed by atoms with Crippen LogP contribution in [0.2, 0.25) is 18.1 Å². The van der Waals surface area contributed by atoms with Gasteiger partial charge in [0.25, 0.3) is 0 Å². The zero-order valence-corrected chi connectivity index (χ0v) is 26.1. The lowest BCUT2D eigenvalue weighted by atomic mass is 9.85. The number of likely N-dealkylation sites (tertiary alicyclic amines) is 1. The molecule has 1 heterocycles. The summed E-state index contributed by atoms with van der Waals surface area (Å²) >= 11 is 0. The number of carbonyl (C=O) groups is 3. The van der Waals surface area contributed by atoms with Crippen LogP contribution in [-0.2, 0) is 30.1 Å². The molecule has 3 atom stereocenters. The van der Waals surface area contributed by atoms with Crippen LogP contribution in [0.4, 0.5) is 4.79 Å². The zero-order chi connectivity index (χ0) is 29.1. The van der Waals surface area contributed by atoms with Gasteiger partial charge in [0, 0.05) is 13.0 Å². The molecule has 0 spiro atoms. The lowest BCUT2D eigenvalue weighted by Gasteiger charge is -2.38. The van der Waals surface area contributed by atoms with Gasteiger partial charge in [0.15, 0.2) is 8.32 Å². The molecule has 1 aromatic carbocycles. The second-order valence-electron chi connectivity index (χ2n) is 13.8. The number of nitrogens with zero attached hydrogens (tertiary/aromatic N) is 1. The first-order chi connectivity index (χ1) is 17.2. The molecule has 0 aliphatic carbocycles. The normalized spacial score (nSPS) is 19.6. The minimum Gasteiger partial charge on any atom is -0.459 e. The van der Waals surface area contributed by atoms with Crippen molar-refractivity contribution in [1.29, 1.82) is 0 Å². The van der Waals surface area contributed by atoms with Crippen LogP contribution < -0.4 is 5.32 Å². The van der Waals surface area contributed by atoms with Gasteiger partial charge in [0.05, 0.1) is 6.10 Å². The Labute approximate surface area is 229 Å². The molecule has 0 bridgehead atoms. The molecule has 9 heteroatoms. The maximum Gasteiger partial charge on any atom is 0.408 e. The van der Waals surface area contributed by atoms with Crippen LogP contribution in [0.15, 0.2) is 30.3 Å². The van der Waals surface area contributed by atoms with Crippen molar-refractivity contribution in [3.05, 3.63) is 35.9 Å². The Morgan fingerprint density at radius 1 is 1.00 bits per heavy atom. The molecule has 0 saturated carbocycles. The fourth-order valence-corrected chi connectivity index (χ4v) is 5.37. The molecule has 1 saturated heterocycles. The van der Waals surface area contributed by atoms with Crippen molar-refractivity contribution in [2.75, 3.05) is 6.54 Å². The van der Waals surface area contributed by atoms with E-state index in [4.69, 9.17) is 13.9 Å². The standard InChI is InChI=1S/C29H48N2O6Si/c1-27(2,3)23(30-26(34)36-28(4,5)6)24(32)31-18-21(37-38(10,11)29(7,8)9)17-22(31)25(33)35-19-20-15-13-12-14-16-20/h12-16,21-23H,17-19H2,1-11H3,(H,30,34)/t21?,22-,23+/m0/s1. The van der Waals surface area contributed by atoms with Crippen molar-refractivity contribution in [2.45, 2.75) is 117 Å². The van der Waals surface area contributed by atoms with E-state index in [0.717, 1.165) is 5.56 Å². The summed E-state index contributed by atoms with van der Waals surface area (Å²) in [6.45, 7) is 22.1. The second-order valence-corrected chi connectivity index (χ2v) is 18.5. The molecular formula is C29H48N2O6Si. The maximum absolute atomic E-state index is 14.0. The molecular weight excluding hydrogens is 500 g/mol. The summed E-state index contributed by atoms with van der Waals surface area (Å²) in [5.74, 6) is -0.834. The highest BCUT2D eigenvalue weighted by Gasteiger charge is 2.49. The molecule has 1 fully saturated rings. The highest BCUT2D eigenvalue weighted by Crippen LogP contribution is 2.39. The number of ether oxygens (including phenoxy) is 2. The topological polar surface area (TPSA) is 94.2 Å². The van der Waals surface area contributed by atoms with E-state index in [-0.39, 0.29) is 30.2 Å². The van der Waals surface area contributed by atoms with Crippen molar-refractivity contribution >= 4 is 26.3 Å². The highest BCUT2D eigenvalue weighted by atomic mass is 28.4. The van der Waals surface area contributed by atoms with E-state index in [2.05, 4.69) is 39.2 Å². The molecule has 2 rings (SSSR count). The number of rotatable bonds is 7. The Kier molecular flexibility index (Phi) is 9.86. The monoisotopic (exact) mass is 548 g/mol. The minimum absolute atomic E-state index is 0.0278. The lowest BCUT2D eigenvalue weighted by Crippen LogP contribution is -2.57. The van der Waals surface area contributed by atoms with Gasteiger partial charge in [-0.2, -0.15) is 0 Å². The first-order valence-corrected chi connectivity index (χ1v) is 16.3. The Hall–Kier alpha value is -2.39. The molecule has 1 aliphatic rings. The van der Waals surface area contributed by atoms with Gasteiger partial charge in [-0.05, 0) is 49.9 Å². The first kappa shape index (κ1) is 31.8. The van der Waals surface area contributed by atoms with Crippen molar-refractivity contribution < 1.29 is 28.3 Å². The van der Waals surface area contributed by atoms with Gasteiger partial charge in [-0.15, -0.1) is 0 Å². The zero-order valence-electron chi connectivity index (χ0n) is 25.1. The van der Waals surface area contributed by atoms with Gasteiger partial charge in [0.1, 0.15) is 24.3 Å². The van der Waals surface area contributed by atoms with E-state index in [1.54, 1.807) is 20.8 Å². The molecule has 214 valence electrons. The number of esters is 1. The van der Waals surface area contributed by atoms with Gasteiger partial charge in [-0.1, -0.05) is 71.9 Å². The first-order valence-electron chi connectivity index (χ1n) is 13.4. The molecule has 0 radical (unpaired) electrons. The fourth-order valence-electron chi connectivity index (χ4n) is 4.01. The highest BCUT2D eigenvalue weighted by molar-refractivity contribution is 6.74. The maximum atomic E-state index is 14.0. The molecule has 1 unspecified atom stereocenters. The van der Waals surface area contributed by atoms with Crippen LogP contribution in [0, 0.1) is 5.41 Å². The summed E-state index contributed by atoms with van der Waals surface area (Å²) in [6, 6.07) is 7.71. The van der Waals surface area contributed by atoms with Crippen LogP contribution in [0.25, 0.3) is 0 Å². The number of alkyl carbamates (subject to hydrolysis) is 1. The van der Waals surface area contributed by atoms with E-state index in [9.17, 15) is 14.4 Å². The number of nitrogens with one attached hydrogen (secondary N) is 1. The third-order valence-electron chi connectivity index (χ3n) is 7.08. The van der Waals surface area contributed by atoms with Crippen molar-refractivity contribution in [3.63, 3.8) is 0 Å². The third-order valence-corrected chi connectivity index (χ3v) is 11.6. The summed E-state index contributed by atoms with van der Waals surface area (Å²) in [4.78, 5) is 41.5. The average Bonchev–Trinajstić information content (AvgIpc) is 3.16. The molecule has 38 heavy (non-hydrogen) atoms. The Balaban J connectivity index is 2.32. The minimum atomic E-state index is -2.17. The van der Waals surface area contributed by atoms with Crippen molar-refractivity contribution in [3.8, 4) is 0 Å². The largest absolute Gasteiger partial charge is 0.459 e. The van der Waals surface area contributed by atoms with Crippen molar-refractivity contribution in [2.24, 2.45) is 5.41 Å². The smallest absolute Gasteiger partial charge is 0.408 e. The van der Waals surface area contributed by atoms with Crippen molar-refractivity contribution in [1.82, 2.24) is 10.2 Å². The number of carbonyl (C=O) groups excluding carboxylic acids is 3. The van der Waals surface area contributed by atoms with Crippen LogP contribution in [-0.4, -0.2) is 61.5 Å². The summed E-state index contributed by atoms with van der Waals surface area (Å²) < 4.78 is 17.7. The molecule has 2 amide bonds. The third kappa shape index (κ3) is 8.83. The number of hydrogen-bond donors (Lipinski definition) is 1. The summed E-state index contributed by atoms with van der Waals surface area (Å²) in [5, 5.41) is 2.73. The molecule has 1 aromatic rings. The Morgan fingerprint density at radius 2 is 1.58 bits per heavy atom. The van der Waals surface area contributed by atoms with E-state index < -0.39 is 43.5 Å². The summed E-state index contributed by atoms with van der Waals surface area (Å²) in [5.41, 5.74) is -0.482. The van der Waals surface area contributed by atoms with E-state index >= 15 is 0 Å². The molecule has 1 N–H and O–H groups in total. The second kappa shape index (κ2) is 11.8. The van der Waals surface area contributed by atoms with E-state index in [1.165, 1.54) is 4.90 Å².